The van der Waals surface area contributed by atoms with E-state index in [1.807, 2.05) is 19.2 Å². The lowest BCUT2D eigenvalue weighted by molar-refractivity contribution is 0.254. The van der Waals surface area contributed by atoms with Crippen molar-refractivity contribution < 1.29 is 19.3 Å². The van der Waals surface area contributed by atoms with Gasteiger partial charge in [-0.25, -0.2) is 0 Å². The van der Waals surface area contributed by atoms with Crippen LogP contribution in [0, 0.1) is 11.3 Å². The maximum absolute atomic E-state index is 9.88. The minimum absolute atomic E-state index is 0.0322. The lowest BCUT2D eigenvalue weighted by Gasteiger charge is -2.18. The van der Waals surface area contributed by atoms with Gasteiger partial charge in [-0.15, -0.1) is 11.6 Å². The third-order valence-electron chi connectivity index (χ3n) is 5.41. The molecule has 3 aromatic rings. The molecule has 0 bridgehead atoms. The fraction of sp³-hybridized carbons (Fsp3) is 0.385. The highest BCUT2D eigenvalue weighted by Crippen LogP contribution is 2.38. The molecule has 0 unspecified atom stereocenters. The number of phenols is 1. The third kappa shape index (κ3) is 7.52. The van der Waals surface area contributed by atoms with Crippen LogP contribution in [0.25, 0.3) is 10.9 Å². The number of methoxy groups -OCH3 is 2. The number of fused-ring (bicyclic) bond motifs is 1. The van der Waals surface area contributed by atoms with Crippen molar-refractivity contribution >= 4 is 33.9 Å². The first kappa shape index (κ1) is 28.8. The Hall–Kier alpha value is -3.45. The van der Waals surface area contributed by atoms with Gasteiger partial charge in [-0.1, -0.05) is 0 Å². The molecule has 0 aliphatic rings. The zero-order valence-electron chi connectivity index (χ0n) is 21.4. The van der Waals surface area contributed by atoms with Gasteiger partial charge in [0.2, 0.25) is 0 Å². The predicted octanol–water partition coefficient (Wildman–Crippen LogP) is 4.35. The normalized spacial score (nSPS) is 10.4. The number of likely N-dealkylation sites (N-methyl/N-ethyl adjacent to an activating group) is 2. The van der Waals surface area contributed by atoms with Gasteiger partial charge in [0.05, 0.1) is 37.6 Å². The Morgan fingerprint density at radius 1 is 1.08 bits per heavy atom. The third-order valence-corrected chi connectivity index (χ3v) is 5.41. The second kappa shape index (κ2) is 14.8. The predicted molar refractivity (Wildman–Crippen MR) is 144 cm³/mol. The first-order valence-corrected chi connectivity index (χ1v) is 12.1. The summed E-state index contributed by atoms with van der Waals surface area (Å²) < 4.78 is 16.8. The zero-order valence-corrected chi connectivity index (χ0v) is 22.1. The van der Waals surface area contributed by atoms with Crippen molar-refractivity contribution in [3.63, 3.8) is 0 Å². The first-order chi connectivity index (χ1) is 17.5. The molecule has 0 aliphatic heterocycles. The van der Waals surface area contributed by atoms with Crippen LogP contribution in [0.1, 0.15) is 12.0 Å². The Kier molecular flexibility index (Phi) is 11.9. The number of rotatable bonds is 12. The van der Waals surface area contributed by atoms with Crippen LogP contribution in [0.3, 0.4) is 0 Å². The van der Waals surface area contributed by atoms with Crippen LogP contribution >= 0.6 is 11.6 Å². The number of nitrogens with one attached hydrogen (secondary N) is 2. The van der Waals surface area contributed by atoms with E-state index in [4.69, 9.17) is 14.2 Å². The van der Waals surface area contributed by atoms with E-state index in [1.165, 1.54) is 25.8 Å². The van der Waals surface area contributed by atoms with Crippen molar-refractivity contribution in [2.24, 2.45) is 0 Å². The SMILES string of the molecule is CCl.CNCCN(C)CCCOc1cc2ncc(C#N)c(Nc3ccc(O)c(OC)c3)c2cc1OC. The second-order valence-electron chi connectivity index (χ2n) is 7.80. The number of aromatic nitrogens is 1. The number of hydrogen-bond acceptors (Lipinski definition) is 9. The Morgan fingerprint density at radius 3 is 2.50 bits per heavy atom. The smallest absolute Gasteiger partial charge is 0.163 e. The van der Waals surface area contributed by atoms with Crippen molar-refractivity contribution in [2.45, 2.75) is 6.42 Å². The van der Waals surface area contributed by atoms with Crippen molar-refractivity contribution in [1.29, 1.82) is 5.26 Å². The standard InChI is InChI=1S/C25H31N5O4.CH3Cl/c1-27-8-10-30(2)9-5-11-34-24-14-20-19(13-23(24)33-4)25(17(15-26)16-28-20)29-18-6-7-21(31)22(12-18)32-3;1-2/h6-7,12-14,16,27,31H,5,8-11H2,1-4H3,(H,28,29);1H3. The van der Waals surface area contributed by atoms with Gasteiger partial charge in [-0.2, -0.15) is 5.26 Å². The average Bonchev–Trinajstić information content (AvgIpc) is 2.91. The van der Waals surface area contributed by atoms with Crippen molar-refractivity contribution in [3.05, 3.63) is 42.1 Å². The Balaban J connectivity index is 0.00000222. The summed E-state index contributed by atoms with van der Waals surface area (Å²) in [7, 11) is 7.09. The van der Waals surface area contributed by atoms with E-state index in [1.54, 1.807) is 19.2 Å². The summed E-state index contributed by atoms with van der Waals surface area (Å²) >= 11 is 4.64. The summed E-state index contributed by atoms with van der Waals surface area (Å²) in [5.41, 5.74) is 2.27. The van der Waals surface area contributed by atoms with Gasteiger partial charge in [-0.3, -0.25) is 4.98 Å². The quantitative estimate of drug-likeness (QED) is 0.184. The van der Waals surface area contributed by atoms with E-state index in [-0.39, 0.29) is 5.75 Å². The zero-order chi connectivity index (χ0) is 26.5. The van der Waals surface area contributed by atoms with E-state index in [0.717, 1.165) is 26.1 Å². The number of nitrogens with zero attached hydrogens (tertiary/aromatic N) is 3. The average molecular weight is 516 g/mol. The Morgan fingerprint density at radius 2 is 1.83 bits per heavy atom. The van der Waals surface area contributed by atoms with Gasteiger partial charge in [0.15, 0.2) is 23.0 Å². The minimum atomic E-state index is 0.0322. The molecule has 36 heavy (non-hydrogen) atoms. The summed E-state index contributed by atoms with van der Waals surface area (Å²) in [6, 6.07) is 10.7. The molecule has 0 atom stereocenters. The van der Waals surface area contributed by atoms with Crippen LogP contribution in [0.2, 0.25) is 0 Å². The number of ether oxygens (including phenoxy) is 3. The molecule has 0 radical (unpaired) electrons. The molecule has 3 rings (SSSR count). The molecule has 9 nitrogen and oxygen atoms in total. The van der Waals surface area contributed by atoms with Gasteiger partial charge in [0.1, 0.15) is 6.07 Å². The Labute approximate surface area is 217 Å². The van der Waals surface area contributed by atoms with E-state index in [2.05, 4.69) is 45.2 Å². The summed E-state index contributed by atoms with van der Waals surface area (Å²) in [5, 5.41) is 26.7. The van der Waals surface area contributed by atoms with E-state index < -0.39 is 0 Å². The molecule has 0 aliphatic carbocycles. The molecule has 1 aromatic heterocycles. The molecule has 0 saturated heterocycles. The number of halogens is 1. The van der Waals surface area contributed by atoms with Gasteiger partial charge in [0, 0.05) is 55.4 Å². The number of benzene rings is 2. The summed E-state index contributed by atoms with van der Waals surface area (Å²) in [4.78, 5) is 6.70. The van der Waals surface area contributed by atoms with Gasteiger partial charge in [-0.05, 0) is 38.7 Å². The number of phenolic OH excluding ortho intramolecular Hbond substituents is 1. The molecule has 1 heterocycles. The van der Waals surface area contributed by atoms with Crippen LogP contribution in [0.15, 0.2) is 36.5 Å². The van der Waals surface area contributed by atoms with E-state index in [0.29, 0.717) is 51.7 Å². The van der Waals surface area contributed by atoms with Crippen LogP contribution in [-0.2, 0) is 0 Å². The molecule has 194 valence electrons. The van der Waals surface area contributed by atoms with Crippen LogP contribution in [0.5, 0.6) is 23.0 Å². The van der Waals surface area contributed by atoms with Crippen LogP contribution in [0.4, 0.5) is 11.4 Å². The highest BCUT2D eigenvalue weighted by molar-refractivity contribution is 6.15. The van der Waals surface area contributed by atoms with Crippen molar-refractivity contribution in [3.8, 4) is 29.1 Å². The molecule has 0 saturated carbocycles. The number of nitriles is 1. The Bertz CT molecular complexity index is 1170. The molecular weight excluding hydrogens is 482 g/mol. The molecular formula is C26H34ClN5O4. The fourth-order valence-corrected chi connectivity index (χ4v) is 3.52. The molecule has 2 aromatic carbocycles. The van der Waals surface area contributed by atoms with Crippen LogP contribution < -0.4 is 24.8 Å². The number of hydrogen-bond donors (Lipinski definition) is 3. The highest BCUT2D eigenvalue weighted by atomic mass is 35.5. The van der Waals surface area contributed by atoms with Crippen molar-refractivity contribution in [1.82, 2.24) is 15.2 Å². The summed E-state index contributed by atoms with van der Waals surface area (Å²) in [6.45, 7) is 3.38. The number of aromatic hydroxyl groups is 1. The topological polar surface area (TPSA) is 112 Å². The van der Waals surface area contributed by atoms with Crippen molar-refractivity contribution in [2.75, 3.05) is 66.3 Å². The lowest BCUT2D eigenvalue weighted by atomic mass is 10.1. The van der Waals surface area contributed by atoms with Gasteiger partial charge < -0.3 is 34.9 Å². The first-order valence-electron chi connectivity index (χ1n) is 11.4. The van der Waals surface area contributed by atoms with E-state index >= 15 is 0 Å². The van der Waals surface area contributed by atoms with Gasteiger partial charge >= 0.3 is 0 Å². The maximum atomic E-state index is 9.88. The molecule has 0 amide bonds. The number of alkyl halides is 1. The fourth-order valence-electron chi connectivity index (χ4n) is 3.52. The molecule has 3 N–H and O–H groups in total. The second-order valence-corrected chi connectivity index (χ2v) is 7.80. The molecule has 0 fully saturated rings. The monoisotopic (exact) mass is 515 g/mol. The van der Waals surface area contributed by atoms with Gasteiger partial charge in [0.25, 0.3) is 0 Å². The van der Waals surface area contributed by atoms with Crippen LogP contribution in [-0.4, -0.2) is 75.9 Å². The van der Waals surface area contributed by atoms with E-state index in [9.17, 15) is 10.4 Å². The summed E-state index contributed by atoms with van der Waals surface area (Å²) in [6.07, 6.45) is 3.87. The number of pyridine rings is 1. The molecule has 0 spiro atoms. The molecule has 10 heteroatoms. The minimum Gasteiger partial charge on any atom is -0.504 e. The highest BCUT2D eigenvalue weighted by Gasteiger charge is 2.15. The number of anilines is 2. The maximum Gasteiger partial charge on any atom is 0.163 e. The largest absolute Gasteiger partial charge is 0.504 e. The summed E-state index contributed by atoms with van der Waals surface area (Å²) in [5.74, 6) is 1.51. The lowest BCUT2D eigenvalue weighted by Crippen LogP contribution is -2.28.